The van der Waals surface area contributed by atoms with Gasteiger partial charge in [0.2, 0.25) is 5.91 Å². The molecule has 0 aromatic heterocycles. The summed E-state index contributed by atoms with van der Waals surface area (Å²) < 4.78 is 4.37. The highest BCUT2D eigenvalue weighted by Gasteiger charge is 2.08. The molecule has 0 fully saturated rings. The Hall–Kier alpha value is -2.35. The average Bonchev–Trinajstić information content (AvgIpc) is 2.36. The van der Waals surface area contributed by atoms with Gasteiger partial charge in [-0.15, -0.1) is 0 Å². The molecule has 0 unspecified atom stereocenters. The number of esters is 1. The minimum Gasteiger partial charge on any atom is -0.469 e. The molecule has 0 saturated carbocycles. The number of carbonyl (C=O) groups excluding carboxylic acids is 2. The third-order valence-electron chi connectivity index (χ3n) is 2.11. The summed E-state index contributed by atoms with van der Waals surface area (Å²) in [6, 6.07) is 8.84. The van der Waals surface area contributed by atoms with Gasteiger partial charge in [0, 0.05) is 6.54 Å². The van der Waals surface area contributed by atoms with Crippen molar-refractivity contribution >= 4 is 11.9 Å². The number of rotatable bonds is 4. The minimum atomic E-state index is -0.567. The molecule has 0 aliphatic carbocycles. The third-order valence-corrected chi connectivity index (χ3v) is 2.11. The van der Waals surface area contributed by atoms with Crippen LogP contribution in [-0.2, 0) is 20.9 Å². The van der Waals surface area contributed by atoms with Crippen LogP contribution in [0.25, 0.3) is 0 Å². The Bertz CT molecular complexity index is 446. The lowest BCUT2D eigenvalue weighted by molar-refractivity contribution is -0.143. The number of benzene rings is 1. The fraction of sp³-hybridized carbons (Fsp3) is 0.250. The number of ether oxygens (including phenoxy) is 1. The molecule has 1 N–H and O–H groups in total. The summed E-state index contributed by atoms with van der Waals surface area (Å²) in [6.07, 6.45) is -0.285. The molecule has 1 rings (SSSR count). The molecular weight excluding hydrogens is 220 g/mol. The fourth-order valence-corrected chi connectivity index (χ4v) is 1.16. The van der Waals surface area contributed by atoms with Gasteiger partial charge < -0.3 is 10.1 Å². The first-order valence-corrected chi connectivity index (χ1v) is 4.98. The normalized spacial score (nSPS) is 9.18. The van der Waals surface area contributed by atoms with Gasteiger partial charge in [-0.1, -0.05) is 12.1 Å². The van der Waals surface area contributed by atoms with Crippen molar-refractivity contribution in [3.05, 3.63) is 35.4 Å². The summed E-state index contributed by atoms with van der Waals surface area (Å²) in [5.74, 6) is -0.955. The van der Waals surface area contributed by atoms with E-state index in [4.69, 9.17) is 5.26 Å². The molecule has 0 aliphatic rings. The molecule has 0 heterocycles. The Labute approximate surface area is 99.0 Å². The second-order valence-electron chi connectivity index (χ2n) is 3.34. The average molecular weight is 232 g/mol. The van der Waals surface area contributed by atoms with E-state index in [1.807, 2.05) is 6.07 Å². The van der Waals surface area contributed by atoms with E-state index >= 15 is 0 Å². The predicted molar refractivity (Wildman–Crippen MR) is 59.6 cm³/mol. The van der Waals surface area contributed by atoms with Gasteiger partial charge in [-0.2, -0.15) is 5.26 Å². The van der Waals surface area contributed by atoms with Gasteiger partial charge in [0.25, 0.3) is 0 Å². The highest BCUT2D eigenvalue weighted by Crippen LogP contribution is 2.02. The maximum Gasteiger partial charge on any atom is 0.315 e. The van der Waals surface area contributed by atoms with Gasteiger partial charge in [0.05, 0.1) is 18.7 Å². The third kappa shape index (κ3) is 4.34. The Balaban J connectivity index is 2.42. The summed E-state index contributed by atoms with van der Waals surface area (Å²) in [5.41, 5.74) is 1.43. The van der Waals surface area contributed by atoms with Crippen LogP contribution < -0.4 is 5.32 Å². The SMILES string of the molecule is COC(=O)CC(=O)NCc1ccc(C#N)cc1. The molecule has 0 bridgehead atoms. The molecule has 0 saturated heterocycles. The number of hydrogen-bond donors (Lipinski definition) is 1. The largest absolute Gasteiger partial charge is 0.469 e. The summed E-state index contributed by atoms with van der Waals surface area (Å²) in [6.45, 7) is 0.321. The summed E-state index contributed by atoms with van der Waals surface area (Å²) >= 11 is 0. The van der Waals surface area contributed by atoms with Crippen LogP contribution in [0.3, 0.4) is 0 Å². The minimum absolute atomic E-state index is 0.285. The van der Waals surface area contributed by atoms with Crippen LogP contribution in [0.5, 0.6) is 0 Å². The van der Waals surface area contributed by atoms with E-state index in [-0.39, 0.29) is 12.3 Å². The van der Waals surface area contributed by atoms with Gasteiger partial charge in [-0.3, -0.25) is 9.59 Å². The van der Waals surface area contributed by atoms with Crippen LogP contribution in [-0.4, -0.2) is 19.0 Å². The van der Waals surface area contributed by atoms with Crippen molar-refractivity contribution in [1.82, 2.24) is 5.32 Å². The highest BCUT2D eigenvalue weighted by atomic mass is 16.5. The molecule has 0 atom stereocenters. The second kappa shape index (κ2) is 6.28. The van der Waals surface area contributed by atoms with E-state index in [2.05, 4.69) is 10.1 Å². The zero-order chi connectivity index (χ0) is 12.7. The molecule has 1 amide bonds. The molecule has 0 radical (unpaired) electrons. The van der Waals surface area contributed by atoms with Crippen molar-refractivity contribution in [2.24, 2.45) is 0 Å². The van der Waals surface area contributed by atoms with E-state index in [1.54, 1.807) is 24.3 Å². The van der Waals surface area contributed by atoms with Gasteiger partial charge in [0.15, 0.2) is 0 Å². The molecule has 1 aromatic carbocycles. The quantitative estimate of drug-likeness (QED) is 0.613. The smallest absolute Gasteiger partial charge is 0.315 e. The number of methoxy groups -OCH3 is 1. The maximum atomic E-state index is 11.2. The molecule has 5 nitrogen and oxygen atoms in total. The number of carbonyl (C=O) groups is 2. The van der Waals surface area contributed by atoms with Crippen molar-refractivity contribution in [3.8, 4) is 6.07 Å². The number of nitrogens with one attached hydrogen (secondary N) is 1. The molecule has 17 heavy (non-hydrogen) atoms. The Morgan fingerprint density at radius 1 is 1.35 bits per heavy atom. The van der Waals surface area contributed by atoms with E-state index in [0.29, 0.717) is 12.1 Å². The van der Waals surface area contributed by atoms with Crippen molar-refractivity contribution in [2.75, 3.05) is 7.11 Å². The number of amides is 1. The maximum absolute atomic E-state index is 11.2. The molecule has 0 spiro atoms. The zero-order valence-electron chi connectivity index (χ0n) is 9.40. The first-order valence-electron chi connectivity index (χ1n) is 4.98. The van der Waals surface area contributed by atoms with Crippen molar-refractivity contribution < 1.29 is 14.3 Å². The summed E-state index contributed by atoms with van der Waals surface area (Å²) in [5, 5.41) is 11.2. The van der Waals surface area contributed by atoms with E-state index in [9.17, 15) is 9.59 Å². The van der Waals surface area contributed by atoms with Crippen molar-refractivity contribution in [2.45, 2.75) is 13.0 Å². The fourth-order valence-electron chi connectivity index (χ4n) is 1.16. The van der Waals surface area contributed by atoms with E-state index in [0.717, 1.165) is 5.56 Å². The number of nitrogens with zero attached hydrogens (tertiary/aromatic N) is 1. The predicted octanol–water partition coefficient (Wildman–Crippen LogP) is 0.738. The number of nitriles is 1. The lowest BCUT2D eigenvalue weighted by Gasteiger charge is -2.04. The monoisotopic (exact) mass is 232 g/mol. The van der Waals surface area contributed by atoms with Gasteiger partial charge in [0.1, 0.15) is 6.42 Å². The Kier molecular flexibility index (Phi) is 4.70. The molecule has 1 aromatic rings. The highest BCUT2D eigenvalue weighted by molar-refractivity contribution is 5.94. The first kappa shape index (κ1) is 12.7. The second-order valence-corrected chi connectivity index (χ2v) is 3.34. The standard InChI is InChI=1S/C12H12N2O3/c1-17-12(16)6-11(15)14-8-10-4-2-9(7-13)3-5-10/h2-5H,6,8H2,1H3,(H,14,15). The van der Waals surface area contributed by atoms with E-state index in [1.165, 1.54) is 7.11 Å². The lowest BCUT2D eigenvalue weighted by atomic mass is 10.1. The molecule has 88 valence electrons. The van der Waals surface area contributed by atoms with Gasteiger partial charge in [-0.05, 0) is 17.7 Å². The lowest BCUT2D eigenvalue weighted by Crippen LogP contribution is -2.25. The summed E-state index contributed by atoms with van der Waals surface area (Å²) in [4.78, 5) is 22.0. The van der Waals surface area contributed by atoms with Crippen LogP contribution >= 0.6 is 0 Å². The Morgan fingerprint density at radius 3 is 2.53 bits per heavy atom. The van der Waals surface area contributed by atoms with Crippen molar-refractivity contribution in [3.63, 3.8) is 0 Å². The van der Waals surface area contributed by atoms with Gasteiger partial charge >= 0.3 is 5.97 Å². The van der Waals surface area contributed by atoms with Crippen LogP contribution in [0, 0.1) is 11.3 Å². The van der Waals surface area contributed by atoms with Crippen LogP contribution in [0.4, 0.5) is 0 Å². The summed E-state index contributed by atoms with van der Waals surface area (Å²) in [7, 11) is 1.23. The van der Waals surface area contributed by atoms with Crippen LogP contribution in [0.15, 0.2) is 24.3 Å². The van der Waals surface area contributed by atoms with Crippen LogP contribution in [0.1, 0.15) is 17.5 Å². The van der Waals surface area contributed by atoms with Crippen LogP contribution in [0.2, 0.25) is 0 Å². The van der Waals surface area contributed by atoms with Gasteiger partial charge in [-0.25, -0.2) is 0 Å². The van der Waals surface area contributed by atoms with E-state index < -0.39 is 5.97 Å². The molecule has 0 aliphatic heterocycles. The zero-order valence-corrected chi connectivity index (χ0v) is 9.40. The van der Waals surface area contributed by atoms with Crippen molar-refractivity contribution in [1.29, 1.82) is 5.26 Å². The number of hydrogen-bond acceptors (Lipinski definition) is 4. The molecular formula is C12H12N2O3. The Morgan fingerprint density at radius 2 is 2.00 bits per heavy atom. The topological polar surface area (TPSA) is 79.2 Å². The first-order chi connectivity index (χ1) is 8.15. The molecule has 5 heteroatoms.